The summed E-state index contributed by atoms with van der Waals surface area (Å²) in [7, 11) is 1.62. The predicted molar refractivity (Wildman–Crippen MR) is 143 cm³/mol. The predicted octanol–water partition coefficient (Wildman–Crippen LogP) is 6.55. The Morgan fingerprint density at radius 1 is 1.00 bits per heavy atom. The number of hydrogen-bond acceptors (Lipinski definition) is 4. The molecule has 4 rings (SSSR count). The first-order chi connectivity index (χ1) is 17.6. The van der Waals surface area contributed by atoms with E-state index in [1.54, 1.807) is 50.5 Å². The summed E-state index contributed by atoms with van der Waals surface area (Å²) >= 11 is 6.19. The van der Waals surface area contributed by atoms with Crippen molar-refractivity contribution in [1.29, 1.82) is 0 Å². The number of aromatic nitrogens is 1. The van der Waals surface area contributed by atoms with Crippen LogP contribution in [-0.2, 0) is 7.05 Å². The number of ketones is 1. The van der Waals surface area contributed by atoms with E-state index in [4.69, 9.17) is 16.3 Å². The van der Waals surface area contributed by atoms with Crippen molar-refractivity contribution in [3.05, 3.63) is 128 Å². The zero-order chi connectivity index (χ0) is 26.7. The molecule has 0 aliphatic rings. The van der Waals surface area contributed by atoms with Crippen molar-refractivity contribution in [3.63, 3.8) is 0 Å². The minimum absolute atomic E-state index is 0.0867. The third-order valence-corrected chi connectivity index (χ3v) is 6.66. The quantitative estimate of drug-likeness (QED) is 0.269. The Labute approximate surface area is 219 Å². The standard InChI is InChI=1S/C30H26ClNO5/c1-18-15-22(31)10-13-24(18)26(16-27(33)21-9-14-29(34)32(3)17-21)20-7-11-23(12-8-20)37-28-6-4-5-25(19(28)2)30(35)36/h4-15,17,26H,16H2,1-3H3,(H,35,36). The molecule has 0 saturated heterocycles. The van der Waals surface area contributed by atoms with Gasteiger partial charge in [-0.25, -0.2) is 4.79 Å². The normalized spacial score (nSPS) is 11.7. The molecule has 4 aromatic rings. The molecule has 7 heteroatoms. The van der Waals surface area contributed by atoms with E-state index < -0.39 is 5.97 Å². The van der Waals surface area contributed by atoms with E-state index in [-0.39, 0.29) is 29.2 Å². The molecule has 1 aromatic heterocycles. The Morgan fingerprint density at radius 2 is 1.73 bits per heavy atom. The molecule has 0 saturated carbocycles. The molecule has 1 N–H and O–H groups in total. The van der Waals surface area contributed by atoms with Crippen LogP contribution in [0.2, 0.25) is 5.02 Å². The summed E-state index contributed by atoms with van der Waals surface area (Å²) in [6.07, 6.45) is 1.75. The molecule has 1 unspecified atom stereocenters. The molecule has 0 amide bonds. The van der Waals surface area contributed by atoms with Gasteiger partial charge >= 0.3 is 5.97 Å². The van der Waals surface area contributed by atoms with E-state index in [1.807, 2.05) is 37.3 Å². The molecule has 0 radical (unpaired) electrons. The first-order valence-electron chi connectivity index (χ1n) is 11.7. The minimum Gasteiger partial charge on any atom is -0.478 e. The fourth-order valence-corrected chi connectivity index (χ4v) is 4.58. The Kier molecular flexibility index (Phi) is 7.60. The van der Waals surface area contributed by atoms with Gasteiger partial charge in [0.1, 0.15) is 11.5 Å². The van der Waals surface area contributed by atoms with Gasteiger partial charge in [0.25, 0.3) is 0 Å². The number of rotatable bonds is 8. The van der Waals surface area contributed by atoms with Gasteiger partial charge in [0.15, 0.2) is 5.78 Å². The lowest BCUT2D eigenvalue weighted by atomic mass is 9.84. The second-order valence-electron chi connectivity index (χ2n) is 8.95. The van der Waals surface area contributed by atoms with Crippen LogP contribution in [0.15, 0.2) is 83.8 Å². The largest absolute Gasteiger partial charge is 0.478 e. The number of carbonyl (C=O) groups is 2. The molecule has 3 aromatic carbocycles. The van der Waals surface area contributed by atoms with Gasteiger partial charge in [0.05, 0.1) is 5.56 Å². The number of carboxylic acid groups (broad SMARTS) is 1. The van der Waals surface area contributed by atoms with Gasteiger partial charge in [-0.3, -0.25) is 9.59 Å². The number of ether oxygens (including phenoxy) is 1. The number of carboxylic acids is 1. The second kappa shape index (κ2) is 10.8. The lowest BCUT2D eigenvalue weighted by Gasteiger charge is -2.21. The zero-order valence-electron chi connectivity index (χ0n) is 20.7. The van der Waals surface area contributed by atoms with Gasteiger partial charge in [-0.05, 0) is 73.0 Å². The molecule has 1 atom stereocenters. The molecular formula is C30H26ClNO5. The minimum atomic E-state index is -1.01. The van der Waals surface area contributed by atoms with Crippen LogP contribution in [0.4, 0.5) is 0 Å². The van der Waals surface area contributed by atoms with Crippen LogP contribution >= 0.6 is 11.6 Å². The number of pyridine rings is 1. The van der Waals surface area contributed by atoms with E-state index in [9.17, 15) is 19.5 Å². The molecule has 0 aliphatic carbocycles. The highest BCUT2D eigenvalue weighted by molar-refractivity contribution is 6.30. The van der Waals surface area contributed by atoms with Crippen molar-refractivity contribution in [3.8, 4) is 11.5 Å². The summed E-state index contributed by atoms with van der Waals surface area (Å²) in [5, 5.41) is 9.99. The Morgan fingerprint density at radius 3 is 2.38 bits per heavy atom. The summed E-state index contributed by atoms with van der Waals surface area (Å²) < 4.78 is 7.37. The zero-order valence-corrected chi connectivity index (χ0v) is 21.5. The smallest absolute Gasteiger partial charge is 0.336 e. The van der Waals surface area contributed by atoms with E-state index in [2.05, 4.69) is 0 Å². The highest BCUT2D eigenvalue weighted by Crippen LogP contribution is 2.35. The Balaban J connectivity index is 1.66. The van der Waals surface area contributed by atoms with E-state index in [0.717, 1.165) is 16.7 Å². The van der Waals surface area contributed by atoms with Crippen LogP contribution in [0, 0.1) is 13.8 Å². The number of aromatic carboxylic acids is 1. The van der Waals surface area contributed by atoms with E-state index in [1.165, 1.54) is 16.7 Å². The number of carbonyl (C=O) groups excluding carboxylic acids is 1. The fraction of sp³-hybridized carbons (Fsp3) is 0.167. The lowest BCUT2D eigenvalue weighted by Crippen LogP contribution is -2.17. The maximum Gasteiger partial charge on any atom is 0.336 e. The van der Waals surface area contributed by atoms with Crippen LogP contribution in [0.5, 0.6) is 11.5 Å². The molecule has 188 valence electrons. The molecular weight excluding hydrogens is 490 g/mol. The van der Waals surface area contributed by atoms with E-state index in [0.29, 0.717) is 27.6 Å². The molecule has 6 nitrogen and oxygen atoms in total. The topological polar surface area (TPSA) is 85.6 Å². The summed E-state index contributed by atoms with van der Waals surface area (Å²) in [5.74, 6) is -0.347. The summed E-state index contributed by atoms with van der Waals surface area (Å²) in [6.45, 7) is 3.66. The fourth-order valence-electron chi connectivity index (χ4n) is 4.35. The highest BCUT2D eigenvalue weighted by atomic mass is 35.5. The lowest BCUT2D eigenvalue weighted by molar-refractivity contribution is 0.0695. The van der Waals surface area contributed by atoms with Crippen LogP contribution < -0.4 is 10.3 Å². The summed E-state index contributed by atoms with van der Waals surface area (Å²) in [4.78, 5) is 36.5. The van der Waals surface area contributed by atoms with E-state index >= 15 is 0 Å². The summed E-state index contributed by atoms with van der Waals surface area (Å²) in [6, 6.07) is 20.9. The van der Waals surface area contributed by atoms with Crippen molar-refractivity contribution in [2.45, 2.75) is 26.2 Å². The molecule has 37 heavy (non-hydrogen) atoms. The number of halogens is 1. The average molecular weight is 516 g/mol. The maximum atomic E-state index is 13.3. The van der Waals surface area contributed by atoms with Crippen LogP contribution in [0.25, 0.3) is 0 Å². The van der Waals surface area contributed by atoms with Crippen LogP contribution in [-0.4, -0.2) is 21.4 Å². The van der Waals surface area contributed by atoms with Gasteiger partial charge < -0.3 is 14.4 Å². The van der Waals surface area contributed by atoms with Gasteiger partial charge in [0, 0.05) is 47.8 Å². The monoisotopic (exact) mass is 515 g/mol. The van der Waals surface area contributed by atoms with Crippen molar-refractivity contribution < 1.29 is 19.4 Å². The number of benzene rings is 3. The SMILES string of the molecule is Cc1cc(Cl)ccc1C(CC(=O)c1ccc(=O)n(C)c1)c1ccc(Oc2cccc(C(=O)O)c2C)cc1. The average Bonchev–Trinajstić information content (AvgIpc) is 2.86. The Bertz CT molecular complexity index is 1540. The molecule has 0 aliphatic heterocycles. The molecule has 0 bridgehead atoms. The van der Waals surface area contributed by atoms with Crippen LogP contribution in [0.3, 0.4) is 0 Å². The number of hydrogen-bond donors (Lipinski definition) is 1. The maximum absolute atomic E-state index is 13.3. The number of Topliss-reactive ketones (excluding diaryl/α,β-unsaturated/α-hetero) is 1. The van der Waals surface area contributed by atoms with Crippen molar-refractivity contribution in [2.24, 2.45) is 7.05 Å². The van der Waals surface area contributed by atoms with Crippen LogP contribution in [0.1, 0.15) is 55.3 Å². The van der Waals surface area contributed by atoms with Gasteiger partial charge in [-0.2, -0.15) is 0 Å². The van der Waals surface area contributed by atoms with Gasteiger partial charge in [-0.1, -0.05) is 35.9 Å². The molecule has 0 spiro atoms. The highest BCUT2D eigenvalue weighted by Gasteiger charge is 2.22. The van der Waals surface area contributed by atoms with Crippen molar-refractivity contribution in [1.82, 2.24) is 4.57 Å². The molecule has 0 fully saturated rings. The van der Waals surface area contributed by atoms with Crippen molar-refractivity contribution in [2.75, 3.05) is 0 Å². The number of nitrogens with zero attached hydrogens (tertiary/aromatic N) is 1. The van der Waals surface area contributed by atoms with Crippen molar-refractivity contribution >= 4 is 23.4 Å². The van der Waals surface area contributed by atoms with Gasteiger partial charge in [-0.15, -0.1) is 0 Å². The van der Waals surface area contributed by atoms with Gasteiger partial charge in [0.2, 0.25) is 5.56 Å². The molecule has 1 heterocycles. The Hall–Kier alpha value is -4.16. The summed E-state index contributed by atoms with van der Waals surface area (Å²) in [5.41, 5.74) is 3.86. The second-order valence-corrected chi connectivity index (χ2v) is 9.39. The third kappa shape index (κ3) is 5.81. The number of aryl methyl sites for hydroxylation is 2. The first-order valence-corrected chi connectivity index (χ1v) is 12.1. The third-order valence-electron chi connectivity index (χ3n) is 6.43. The first kappa shape index (κ1) is 25.9.